The molecule has 9 heteroatoms. The molecule has 1 amide bonds. The van der Waals surface area contributed by atoms with Crippen LogP contribution in [0.1, 0.15) is 29.6 Å². The lowest BCUT2D eigenvalue weighted by Crippen LogP contribution is -2.30. The molecule has 0 fully saturated rings. The van der Waals surface area contributed by atoms with Gasteiger partial charge in [-0.25, -0.2) is 14.8 Å². The van der Waals surface area contributed by atoms with Crippen molar-refractivity contribution in [2.24, 2.45) is 0 Å². The van der Waals surface area contributed by atoms with E-state index in [9.17, 15) is 9.59 Å². The summed E-state index contributed by atoms with van der Waals surface area (Å²) in [6.07, 6.45) is -0.855. The number of aromatic nitrogens is 4. The molecule has 3 aromatic rings. The number of aryl methyl sites for hydroxylation is 4. The fraction of sp³-hybridized carbons (Fsp3) is 0.318. The van der Waals surface area contributed by atoms with Crippen molar-refractivity contribution >= 4 is 17.7 Å². The summed E-state index contributed by atoms with van der Waals surface area (Å²) >= 11 is 0. The highest BCUT2D eigenvalue weighted by Crippen LogP contribution is 2.16. The molecule has 0 aliphatic carbocycles. The van der Waals surface area contributed by atoms with Crippen molar-refractivity contribution in [3.05, 3.63) is 59.0 Å². The summed E-state index contributed by atoms with van der Waals surface area (Å²) in [5.41, 5.74) is 3.32. The molecule has 0 aliphatic rings. The average Bonchev–Trinajstić information content (AvgIpc) is 3.07. The van der Waals surface area contributed by atoms with Crippen LogP contribution < -0.4 is 10.1 Å². The summed E-state index contributed by atoms with van der Waals surface area (Å²) in [5.74, 6) is 0.123. The lowest BCUT2D eigenvalue weighted by atomic mass is 10.2. The fourth-order valence-electron chi connectivity index (χ4n) is 2.85. The van der Waals surface area contributed by atoms with Crippen LogP contribution in [-0.2, 0) is 14.3 Å². The predicted octanol–water partition coefficient (Wildman–Crippen LogP) is 2.85. The summed E-state index contributed by atoms with van der Waals surface area (Å²) in [6.45, 7) is 8.56. The van der Waals surface area contributed by atoms with Gasteiger partial charge in [0.25, 0.3) is 11.9 Å². The van der Waals surface area contributed by atoms with Crippen molar-refractivity contribution in [3.8, 4) is 11.7 Å². The molecule has 2 heterocycles. The number of carbonyl (C=O) groups excluding carboxylic acids is 2. The van der Waals surface area contributed by atoms with Crippen LogP contribution in [0.5, 0.6) is 5.75 Å². The van der Waals surface area contributed by atoms with Gasteiger partial charge in [0.2, 0.25) is 0 Å². The summed E-state index contributed by atoms with van der Waals surface area (Å²) in [5, 5.41) is 7.02. The first-order valence-electron chi connectivity index (χ1n) is 9.80. The standard InChI is InChI=1S/C22H25N5O4/c1-13-6-8-18(9-7-13)31-17(5)21(29)30-12-20(28)25-19-11-16(4)26-27(19)22-23-14(2)10-15(3)24-22/h6-11,17H,12H2,1-5H3,(H,25,28). The van der Waals surface area contributed by atoms with Gasteiger partial charge in [0.15, 0.2) is 12.7 Å². The normalized spacial score (nSPS) is 11.6. The van der Waals surface area contributed by atoms with Crippen LogP contribution in [0.25, 0.3) is 5.95 Å². The number of hydrogen-bond donors (Lipinski definition) is 1. The molecule has 2 aromatic heterocycles. The summed E-state index contributed by atoms with van der Waals surface area (Å²) in [6, 6.07) is 10.8. The molecular weight excluding hydrogens is 398 g/mol. The molecule has 1 aromatic carbocycles. The van der Waals surface area contributed by atoms with Crippen LogP contribution in [0.2, 0.25) is 0 Å². The smallest absolute Gasteiger partial charge is 0.347 e. The lowest BCUT2D eigenvalue weighted by molar-refractivity contribution is -0.153. The number of nitrogens with one attached hydrogen (secondary N) is 1. The van der Waals surface area contributed by atoms with Gasteiger partial charge in [0, 0.05) is 17.5 Å². The Morgan fingerprint density at radius 1 is 1.00 bits per heavy atom. The first-order chi connectivity index (χ1) is 14.7. The highest BCUT2D eigenvalue weighted by atomic mass is 16.6. The number of nitrogens with zero attached hydrogens (tertiary/aromatic N) is 4. The Labute approximate surface area is 180 Å². The van der Waals surface area contributed by atoms with Gasteiger partial charge in [0.05, 0.1) is 5.69 Å². The zero-order valence-corrected chi connectivity index (χ0v) is 18.2. The van der Waals surface area contributed by atoms with E-state index in [-0.39, 0.29) is 0 Å². The third kappa shape index (κ3) is 5.88. The maximum Gasteiger partial charge on any atom is 0.347 e. The third-order valence-electron chi connectivity index (χ3n) is 4.27. The molecule has 0 aliphatic heterocycles. The first-order valence-corrected chi connectivity index (χ1v) is 9.80. The Bertz CT molecular complexity index is 1070. The zero-order valence-electron chi connectivity index (χ0n) is 18.2. The second kappa shape index (κ2) is 9.38. The summed E-state index contributed by atoms with van der Waals surface area (Å²) in [4.78, 5) is 33.3. The Balaban J connectivity index is 1.59. The van der Waals surface area contributed by atoms with E-state index in [1.165, 1.54) is 4.68 Å². The van der Waals surface area contributed by atoms with Crippen molar-refractivity contribution in [2.45, 2.75) is 40.7 Å². The molecule has 0 bridgehead atoms. The van der Waals surface area contributed by atoms with E-state index in [1.807, 2.05) is 39.0 Å². The maximum absolute atomic E-state index is 12.4. The number of esters is 1. The van der Waals surface area contributed by atoms with Gasteiger partial charge in [0.1, 0.15) is 11.6 Å². The van der Waals surface area contributed by atoms with Crippen LogP contribution >= 0.6 is 0 Å². The van der Waals surface area contributed by atoms with E-state index < -0.39 is 24.6 Å². The van der Waals surface area contributed by atoms with Gasteiger partial charge in [-0.3, -0.25) is 4.79 Å². The highest BCUT2D eigenvalue weighted by Gasteiger charge is 2.19. The second-order valence-electron chi connectivity index (χ2n) is 7.26. The van der Waals surface area contributed by atoms with E-state index in [0.717, 1.165) is 17.0 Å². The fourth-order valence-corrected chi connectivity index (χ4v) is 2.85. The summed E-state index contributed by atoms with van der Waals surface area (Å²) in [7, 11) is 0. The molecule has 1 unspecified atom stereocenters. The third-order valence-corrected chi connectivity index (χ3v) is 4.27. The van der Waals surface area contributed by atoms with Gasteiger partial charge in [-0.1, -0.05) is 17.7 Å². The van der Waals surface area contributed by atoms with Crippen molar-refractivity contribution in [2.75, 3.05) is 11.9 Å². The lowest BCUT2D eigenvalue weighted by Gasteiger charge is -2.14. The van der Waals surface area contributed by atoms with Gasteiger partial charge < -0.3 is 14.8 Å². The van der Waals surface area contributed by atoms with Crippen molar-refractivity contribution in [1.82, 2.24) is 19.7 Å². The molecule has 0 saturated heterocycles. The van der Waals surface area contributed by atoms with Crippen LogP contribution in [0, 0.1) is 27.7 Å². The molecule has 162 valence electrons. The number of amides is 1. The Hall–Kier alpha value is -3.75. The number of rotatable bonds is 7. The van der Waals surface area contributed by atoms with Gasteiger partial charge in [-0.05, 0) is 52.8 Å². The van der Waals surface area contributed by atoms with E-state index in [0.29, 0.717) is 23.2 Å². The molecule has 1 N–H and O–H groups in total. The van der Waals surface area contributed by atoms with Crippen molar-refractivity contribution in [1.29, 1.82) is 0 Å². The molecule has 9 nitrogen and oxygen atoms in total. The number of carbonyl (C=O) groups is 2. The molecule has 0 spiro atoms. The van der Waals surface area contributed by atoms with E-state index in [1.54, 1.807) is 32.0 Å². The van der Waals surface area contributed by atoms with Crippen LogP contribution in [0.4, 0.5) is 5.82 Å². The van der Waals surface area contributed by atoms with Gasteiger partial charge in [-0.2, -0.15) is 9.78 Å². The van der Waals surface area contributed by atoms with E-state index in [4.69, 9.17) is 9.47 Å². The monoisotopic (exact) mass is 423 g/mol. The molecule has 0 saturated carbocycles. The predicted molar refractivity (Wildman–Crippen MR) is 114 cm³/mol. The van der Waals surface area contributed by atoms with Crippen LogP contribution in [0.3, 0.4) is 0 Å². The largest absolute Gasteiger partial charge is 0.479 e. The second-order valence-corrected chi connectivity index (χ2v) is 7.26. The van der Waals surface area contributed by atoms with Gasteiger partial charge >= 0.3 is 5.97 Å². The first kappa shape index (κ1) is 21.9. The van der Waals surface area contributed by atoms with Crippen LogP contribution in [-0.4, -0.2) is 44.3 Å². The minimum absolute atomic E-state index is 0.345. The molecule has 0 radical (unpaired) electrons. The van der Waals surface area contributed by atoms with Crippen molar-refractivity contribution in [3.63, 3.8) is 0 Å². The Kier molecular flexibility index (Phi) is 6.64. The van der Waals surface area contributed by atoms with Crippen molar-refractivity contribution < 1.29 is 19.1 Å². The number of ether oxygens (including phenoxy) is 2. The SMILES string of the molecule is Cc1ccc(OC(C)C(=O)OCC(=O)Nc2cc(C)nn2-c2nc(C)cc(C)n2)cc1. The maximum atomic E-state index is 12.4. The Morgan fingerprint density at radius 3 is 2.29 bits per heavy atom. The molecular formula is C22H25N5O4. The number of hydrogen-bond acceptors (Lipinski definition) is 7. The van der Waals surface area contributed by atoms with Gasteiger partial charge in [-0.15, -0.1) is 0 Å². The topological polar surface area (TPSA) is 108 Å². The van der Waals surface area contributed by atoms with Crippen LogP contribution in [0.15, 0.2) is 36.4 Å². The molecule has 31 heavy (non-hydrogen) atoms. The summed E-state index contributed by atoms with van der Waals surface area (Å²) < 4.78 is 12.1. The average molecular weight is 423 g/mol. The Morgan fingerprint density at radius 2 is 1.65 bits per heavy atom. The number of benzene rings is 1. The molecule has 1 atom stereocenters. The number of anilines is 1. The molecule has 3 rings (SSSR count). The quantitative estimate of drug-likeness (QED) is 0.582. The van der Waals surface area contributed by atoms with E-state index in [2.05, 4.69) is 20.4 Å². The minimum Gasteiger partial charge on any atom is -0.479 e. The zero-order chi connectivity index (χ0) is 22.5. The highest BCUT2D eigenvalue weighted by molar-refractivity contribution is 5.92. The minimum atomic E-state index is -0.855. The van der Waals surface area contributed by atoms with E-state index >= 15 is 0 Å².